The topological polar surface area (TPSA) is 9.86 Å². The van der Waals surface area contributed by atoms with Gasteiger partial charge in [-0.1, -0.05) is 54.1 Å². The Hall–Kier alpha value is -4.34. The van der Waals surface area contributed by atoms with Crippen molar-refractivity contribution in [2.24, 2.45) is 0 Å². The van der Waals surface area contributed by atoms with Crippen LogP contribution in [0.2, 0.25) is 0 Å². The van der Waals surface area contributed by atoms with Gasteiger partial charge in [0.25, 0.3) is 0 Å². The summed E-state index contributed by atoms with van der Waals surface area (Å²) < 4.78 is 7.41. The Bertz CT molecular complexity index is 2090. The second kappa shape index (κ2) is 7.33. The van der Waals surface area contributed by atoms with E-state index >= 15 is 0 Å². The molecule has 3 aromatic heterocycles. The van der Waals surface area contributed by atoms with E-state index in [1.54, 1.807) is 0 Å². The average Bonchev–Trinajstić information content (AvgIpc) is 3.58. The SMILES string of the molecule is Cc1ccc(-n2c3cc4ccn(-c5ccccc5)c4cc3c3cc4sc5ccccc5c4cc32)cc1. The number of hydrogen-bond donors (Lipinski definition) is 0. The van der Waals surface area contributed by atoms with Crippen LogP contribution in [-0.2, 0) is 0 Å². The Kier molecular flexibility index (Phi) is 4.05. The maximum Gasteiger partial charge on any atom is 0.0548 e. The number of nitrogens with zero attached hydrogens (tertiary/aromatic N) is 2. The van der Waals surface area contributed by atoms with Crippen molar-refractivity contribution in [2.75, 3.05) is 0 Å². The average molecular weight is 479 g/mol. The molecule has 5 aromatic carbocycles. The monoisotopic (exact) mass is 478 g/mol. The molecule has 0 unspecified atom stereocenters. The summed E-state index contributed by atoms with van der Waals surface area (Å²) in [5.41, 5.74) is 7.38. The summed E-state index contributed by atoms with van der Waals surface area (Å²) >= 11 is 1.88. The van der Waals surface area contributed by atoms with Gasteiger partial charge in [-0.05, 0) is 67.6 Å². The first-order valence-electron chi connectivity index (χ1n) is 12.3. The highest BCUT2D eigenvalue weighted by molar-refractivity contribution is 7.25. The molecule has 0 aliphatic rings. The molecule has 0 saturated carbocycles. The van der Waals surface area contributed by atoms with Crippen molar-refractivity contribution in [1.82, 2.24) is 9.13 Å². The Labute approximate surface area is 212 Å². The quantitative estimate of drug-likeness (QED) is 0.234. The second-order valence-corrected chi connectivity index (χ2v) is 10.7. The van der Waals surface area contributed by atoms with Crippen LogP contribution in [0.5, 0.6) is 0 Å². The van der Waals surface area contributed by atoms with Crippen molar-refractivity contribution < 1.29 is 0 Å². The van der Waals surface area contributed by atoms with Crippen LogP contribution in [-0.4, -0.2) is 9.13 Å². The number of para-hydroxylation sites is 1. The lowest BCUT2D eigenvalue weighted by molar-refractivity contribution is 1.13. The van der Waals surface area contributed by atoms with Crippen molar-refractivity contribution in [1.29, 1.82) is 0 Å². The van der Waals surface area contributed by atoms with Gasteiger partial charge in [0.1, 0.15) is 0 Å². The van der Waals surface area contributed by atoms with Gasteiger partial charge in [-0.25, -0.2) is 0 Å². The van der Waals surface area contributed by atoms with E-state index in [2.05, 4.69) is 131 Å². The van der Waals surface area contributed by atoms with Crippen LogP contribution in [0.1, 0.15) is 5.56 Å². The maximum atomic E-state index is 2.44. The van der Waals surface area contributed by atoms with E-state index in [0.717, 1.165) is 0 Å². The number of benzene rings is 5. The van der Waals surface area contributed by atoms with Crippen LogP contribution in [0.3, 0.4) is 0 Å². The molecule has 8 rings (SSSR count). The molecule has 0 atom stereocenters. The molecule has 8 aromatic rings. The molecule has 36 heavy (non-hydrogen) atoms. The van der Waals surface area contributed by atoms with Crippen LogP contribution in [0.25, 0.3) is 64.3 Å². The molecular weight excluding hydrogens is 456 g/mol. The summed E-state index contributed by atoms with van der Waals surface area (Å²) in [7, 11) is 0. The first-order chi connectivity index (χ1) is 17.7. The molecule has 0 spiro atoms. The summed E-state index contributed by atoms with van der Waals surface area (Å²) in [6.45, 7) is 2.15. The van der Waals surface area contributed by atoms with Crippen molar-refractivity contribution in [3.05, 3.63) is 121 Å². The van der Waals surface area contributed by atoms with E-state index in [-0.39, 0.29) is 0 Å². The van der Waals surface area contributed by atoms with Gasteiger partial charge in [0.15, 0.2) is 0 Å². The van der Waals surface area contributed by atoms with Gasteiger partial charge >= 0.3 is 0 Å². The lowest BCUT2D eigenvalue weighted by Gasteiger charge is -2.09. The third kappa shape index (κ3) is 2.78. The van der Waals surface area contributed by atoms with Crippen molar-refractivity contribution in [2.45, 2.75) is 6.92 Å². The zero-order valence-electron chi connectivity index (χ0n) is 19.8. The Morgan fingerprint density at radius 3 is 2.11 bits per heavy atom. The molecule has 0 N–H and O–H groups in total. The van der Waals surface area contributed by atoms with Crippen LogP contribution in [0.4, 0.5) is 0 Å². The summed E-state index contributed by atoms with van der Waals surface area (Å²) in [5.74, 6) is 0. The molecule has 0 bridgehead atoms. The minimum Gasteiger partial charge on any atom is -0.317 e. The molecule has 0 saturated heterocycles. The number of aryl methyl sites for hydroxylation is 1. The van der Waals surface area contributed by atoms with E-state index < -0.39 is 0 Å². The zero-order chi connectivity index (χ0) is 23.8. The van der Waals surface area contributed by atoms with Crippen molar-refractivity contribution in [3.8, 4) is 11.4 Å². The summed E-state index contributed by atoms with van der Waals surface area (Å²) in [6, 6.07) is 40.0. The minimum absolute atomic E-state index is 1.18. The Morgan fingerprint density at radius 2 is 1.25 bits per heavy atom. The van der Waals surface area contributed by atoms with Gasteiger partial charge in [-0.3, -0.25) is 0 Å². The van der Waals surface area contributed by atoms with Gasteiger partial charge in [0.05, 0.1) is 16.6 Å². The number of fused-ring (bicyclic) bond motifs is 7. The highest BCUT2D eigenvalue weighted by Gasteiger charge is 2.17. The second-order valence-electron chi connectivity index (χ2n) is 9.58. The van der Waals surface area contributed by atoms with Crippen molar-refractivity contribution in [3.63, 3.8) is 0 Å². The van der Waals surface area contributed by atoms with Crippen LogP contribution >= 0.6 is 11.3 Å². The van der Waals surface area contributed by atoms with E-state index in [4.69, 9.17) is 0 Å². The van der Waals surface area contributed by atoms with E-state index in [9.17, 15) is 0 Å². The number of aromatic nitrogens is 2. The fourth-order valence-corrected chi connectivity index (χ4v) is 6.77. The van der Waals surface area contributed by atoms with Gasteiger partial charge in [-0.2, -0.15) is 0 Å². The summed E-state index contributed by atoms with van der Waals surface area (Å²) in [6.07, 6.45) is 2.18. The van der Waals surface area contributed by atoms with Gasteiger partial charge in [-0.15, -0.1) is 11.3 Å². The fraction of sp³-hybridized carbons (Fsp3) is 0.0303. The molecule has 3 heteroatoms. The molecule has 3 heterocycles. The number of thiophene rings is 1. The number of hydrogen-bond acceptors (Lipinski definition) is 1. The van der Waals surface area contributed by atoms with Gasteiger partial charge < -0.3 is 9.13 Å². The maximum absolute atomic E-state index is 2.44. The molecule has 0 amide bonds. The van der Waals surface area contributed by atoms with E-state index in [1.165, 1.54) is 69.8 Å². The summed E-state index contributed by atoms with van der Waals surface area (Å²) in [5, 5.41) is 6.49. The normalized spacial score (nSPS) is 12.0. The Balaban J connectivity index is 1.53. The fourth-order valence-electron chi connectivity index (χ4n) is 5.65. The lowest BCUT2D eigenvalue weighted by atomic mass is 10.1. The molecule has 0 aliphatic carbocycles. The molecule has 0 radical (unpaired) electrons. The predicted octanol–water partition coefficient (Wildman–Crippen LogP) is 9.40. The van der Waals surface area contributed by atoms with Gasteiger partial charge in [0.2, 0.25) is 0 Å². The summed E-state index contributed by atoms with van der Waals surface area (Å²) in [4.78, 5) is 0. The molecule has 0 aliphatic heterocycles. The smallest absolute Gasteiger partial charge is 0.0548 e. The zero-order valence-corrected chi connectivity index (χ0v) is 20.6. The lowest BCUT2D eigenvalue weighted by Crippen LogP contribution is -1.94. The standard InChI is InChI=1S/C33H22N2S/c1-21-11-13-24(14-12-21)35-30-17-22-15-16-34(23-7-3-2-4-8-23)29(22)18-26(30)27-20-33-28(19-31(27)35)25-9-5-6-10-32(25)36-33/h2-20H,1H3. The first-order valence-corrected chi connectivity index (χ1v) is 13.1. The Morgan fingerprint density at radius 1 is 0.528 bits per heavy atom. The molecule has 0 fully saturated rings. The molecule has 170 valence electrons. The highest BCUT2D eigenvalue weighted by Crippen LogP contribution is 2.41. The third-order valence-electron chi connectivity index (χ3n) is 7.40. The molecule has 2 nitrogen and oxygen atoms in total. The van der Waals surface area contributed by atoms with Crippen molar-refractivity contribution >= 4 is 64.2 Å². The number of rotatable bonds is 2. The highest BCUT2D eigenvalue weighted by atomic mass is 32.1. The first kappa shape index (κ1) is 19.9. The van der Waals surface area contributed by atoms with Crippen LogP contribution < -0.4 is 0 Å². The predicted molar refractivity (Wildman–Crippen MR) is 155 cm³/mol. The van der Waals surface area contributed by atoms with Gasteiger partial charge in [0, 0.05) is 53.9 Å². The molecular formula is C33H22N2S. The minimum atomic E-state index is 1.18. The van der Waals surface area contributed by atoms with E-state index in [0.29, 0.717) is 0 Å². The van der Waals surface area contributed by atoms with Crippen LogP contribution in [0.15, 0.2) is 115 Å². The largest absolute Gasteiger partial charge is 0.317 e. The third-order valence-corrected chi connectivity index (χ3v) is 8.53. The van der Waals surface area contributed by atoms with Crippen LogP contribution in [0, 0.1) is 6.92 Å². The van der Waals surface area contributed by atoms with E-state index in [1.807, 2.05) is 11.3 Å².